The summed E-state index contributed by atoms with van der Waals surface area (Å²) in [5.74, 6) is -4.71. The fraction of sp³-hybridized carbons (Fsp3) is 0.484. The van der Waals surface area contributed by atoms with Crippen molar-refractivity contribution in [3.63, 3.8) is 0 Å². The van der Waals surface area contributed by atoms with Crippen molar-refractivity contribution in [3.8, 4) is 6.07 Å². The van der Waals surface area contributed by atoms with Gasteiger partial charge in [-0.25, -0.2) is 4.99 Å². The molecule has 0 bridgehead atoms. The monoisotopic (exact) mass is 593 g/mol. The second kappa shape index (κ2) is 12.0. The van der Waals surface area contributed by atoms with Crippen LogP contribution in [0.15, 0.2) is 65.7 Å². The van der Waals surface area contributed by atoms with Gasteiger partial charge in [-0.1, -0.05) is 48.5 Å². The number of ether oxygens (including phenoxy) is 3. The Hall–Kier alpha value is -3.38. The van der Waals surface area contributed by atoms with Crippen molar-refractivity contribution in [1.82, 2.24) is 4.90 Å². The Balaban J connectivity index is 1.53. The highest BCUT2D eigenvalue weighted by Gasteiger charge is 2.69. The fourth-order valence-electron chi connectivity index (χ4n) is 6.29. The van der Waals surface area contributed by atoms with Crippen LogP contribution < -0.4 is 0 Å². The molecule has 2 aromatic carbocycles. The number of aliphatic imine (C=N–C) groups is 1. The minimum Gasteiger partial charge on any atom is -0.391 e. The first-order valence-corrected chi connectivity index (χ1v) is 14.0. The lowest BCUT2D eigenvalue weighted by Crippen LogP contribution is -2.79. The van der Waals surface area contributed by atoms with Crippen LogP contribution in [-0.2, 0) is 14.2 Å². The predicted molar refractivity (Wildman–Crippen MR) is 151 cm³/mol. The smallest absolute Gasteiger partial charge is 0.276 e. The fourth-order valence-corrected chi connectivity index (χ4v) is 6.29. The van der Waals surface area contributed by atoms with E-state index in [-0.39, 0.29) is 24.5 Å². The Morgan fingerprint density at radius 2 is 1.60 bits per heavy atom. The molecule has 4 unspecified atom stereocenters. The van der Waals surface area contributed by atoms with Crippen LogP contribution in [0.3, 0.4) is 0 Å². The van der Waals surface area contributed by atoms with Crippen molar-refractivity contribution in [3.05, 3.63) is 71.8 Å². The van der Waals surface area contributed by atoms with Crippen LogP contribution in [-0.4, -0.2) is 111 Å². The average Bonchev–Trinajstić information content (AvgIpc) is 2.98. The van der Waals surface area contributed by atoms with Gasteiger partial charge in [-0.2, -0.15) is 5.26 Å². The Morgan fingerprint density at radius 1 is 1.00 bits per heavy atom. The summed E-state index contributed by atoms with van der Waals surface area (Å²) < 4.78 is 17.8. The minimum atomic E-state index is -2.68. The van der Waals surface area contributed by atoms with Crippen LogP contribution in [0.1, 0.15) is 41.0 Å². The summed E-state index contributed by atoms with van der Waals surface area (Å²) in [6.07, 6.45) is -8.36. The zero-order valence-electron chi connectivity index (χ0n) is 24.0. The largest absolute Gasteiger partial charge is 0.391 e. The number of ketones is 1. The number of benzene rings is 2. The maximum atomic E-state index is 13.2. The van der Waals surface area contributed by atoms with Gasteiger partial charge < -0.3 is 34.6 Å². The molecule has 2 saturated heterocycles. The number of carbonyl (C=O) groups is 2. The van der Waals surface area contributed by atoms with Gasteiger partial charge in [0.15, 0.2) is 5.78 Å². The first-order chi connectivity index (χ1) is 20.4. The Kier molecular flexibility index (Phi) is 8.63. The number of hydrogen-bond acceptors (Lipinski definition) is 11. The van der Waals surface area contributed by atoms with E-state index in [0.29, 0.717) is 11.1 Å². The van der Waals surface area contributed by atoms with Gasteiger partial charge in [0, 0.05) is 23.3 Å². The zero-order chi connectivity index (χ0) is 31.1. The zero-order valence-corrected chi connectivity index (χ0v) is 24.0. The molecule has 43 heavy (non-hydrogen) atoms. The number of rotatable bonds is 6. The Labute approximate surface area is 248 Å². The number of nitrogens with zero attached hydrogens (tertiary/aromatic N) is 3. The molecule has 0 spiro atoms. The molecule has 0 radical (unpaired) electrons. The number of likely N-dealkylation sites (N-methyl/N-ethyl adjacent to an activating group) is 1. The molecule has 1 aliphatic carbocycles. The van der Waals surface area contributed by atoms with Crippen LogP contribution in [0.5, 0.6) is 0 Å². The third-order valence-electron chi connectivity index (χ3n) is 8.49. The number of nitriles is 1. The average molecular weight is 594 g/mol. The van der Waals surface area contributed by atoms with E-state index in [1.807, 2.05) is 0 Å². The van der Waals surface area contributed by atoms with Crippen LogP contribution in [0.4, 0.5) is 0 Å². The molecule has 2 aliphatic heterocycles. The molecule has 1 amide bonds. The normalized spacial score (nSPS) is 37.6. The van der Waals surface area contributed by atoms with Gasteiger partial charge in [0.05, 0.1) is 36.8 Å². The SMILES string of the molecule is CC(=NC(=O)c1ccccc1)[C@@H]1C(O)[C@H](N(C)CC(=O)c2ccccc2)C2O[C@]3(O)C(OC2[C@H]1O)O[C@H](C)C[C@]3(O)C#N. The molecule has 5 rings (SSSR count). The molecule has 12 heteroatoms. The molecule has 3 aliphatic rings. The van der Waals surface area contributed by atoms with Gasteiger partial charge in [-0.05, 0) is 33.0 Å². The molecule has 3 fully saturated rings. The molecule has 4 N–H and O–H groups in total. The van der Waals surface area contributed by atoms with E-state index in [2.05, 4.69) is 4.99 Å². The molecule has 1 saturated carbocycles. The Bertz CT molecular complexity index is 1420. The van der Waals surface area contributed by atoms with Gasteiger partial charge in [0.2, 0.25) is 11.9 Å². The number of fused-ring (bicyclic) bond motifs is 2. The van der Waals surface area contributed by atoms with E-state index in [0.717, 1.165) is 0 Å². The van der Waals surface area contributed by atoms with E-state index in [1.54, 1.807) is 80.7 Å². The number of Topliss-reactive ketones (excluding diaryl/α,β-unsaturated/α-hetero) is 1. The lowest BCUT2D eigenvalue weighted by Gasteiger charge is -2.59. The van der Waals surface area contributed by atoms with Crippen molar-refractivity contribution in [2.75, 3.05) is 13.6 Å². The number of aliphatic hydroxyl groups excluding tert-OH is 2. The summed E-state index contributed by atoms with van der Waals surface area (Å²) >= 11 is 0. The quantitative estimate of drug-likeness (QED) is 0.210. The second-order valence-electron chi connectivity index (χ2n) is 11.5. The first-order valence-electron chi connectivity index (χ1n) is 14.0. The third-order valence-corrected chi connectivity index (χ3v) is 8.49. The van der Waals surface area contributed by atoms with Crippen molar-refractivity contribution in [1.29, 1.82) is 5.26 Å². The van der Waals surface area contributed by atoms with Crippen molar-refractivity contribution in [2.24, 2.45) is 10.9 Å². The number of aliphatic hydroxyl groups is 4. The van der Waals surface area contributed by atoms with E-state index < -0.39 is 66.1 Å². The molecule has 228 valence electrons. The highest BCUT2D eigenvalue weighted by Crippen LogP contribution is 2.47. The first kappa shape index (κ1) is 31.1. The summed E-state index contributed by atoms with van der Waals surface area (Å²) in [5.41, 5.74) is -1.61. The maximum absolute atomic E-state index is 13.2. The van der Waals surface area contributed by atoms with Gasteiger partial charge in [0.25, 0.3) is 11.7 Å². The highest BCUT2D eigenvalue weighted by atomic mass is 16.8. The highest BCUT2D eigenvalue weighted by molar-refractivity contribution is 6.04. The molecule has 2 aromatic rings. The van der Waals surface area contributed by atoms with E-state index in [4.69, 9.17) is 14.2 Å². The molecule has 10 atom stereocenters. The van der Waals surface area contributed by atoms with E-state index in [9.17, 15) is 35.3 Å². The summed E-state index contributed by atoms with van der Waals surface area (Å²) in [5, 5.41) is 55.9. The van der Waals surface area contributed by atoms with Crippen LogP contribution in [0, 0.1) is 17.2 Å². The minimum absolute atomic E-state index is 0.107. The van der Waals surface area contributed by atoms with Gasteiger partial charge in [-0.3, -0.25) is 14.5 Å². The summed E-state index contributed by atoms with van der Waals surface area (Å²) in [6.45, 7) is 2.87. The van der Waals surface area contributed by atoms with Crippen LogP contribution in [0.2, 0.25) is 0 Å². The summed E-state index contributed by atoms with van der Waals surface area (Å²) in [6, 6.07) is 17.4. The third kappa shape index (κ3) is 5.55. The maximum Gasteiger partial charge on any atom is 0.276 e. The standard InChI is InChI=1S/C31H35N3O9/c1-17-14-30(39,16-32)31(40)29(41-17)42-27-25(37)22(18(2)33-28(38)20-12-8-5-9-13-20)24(36)23(26(27)43-31)34(3)15-21(35)19-10-6-4-7-11-19/h4-13,17,22-27,29,36-37,39-40H,14-15H2,1-3H3/t17-,22-,23+,24?,25+,26?,27?,29?,30+,31-/m1/s1. The number of amides is 1. The number of hydrogen-bond donors (Lipinski definition) is 4. The van der Waals surface area contributed by atoms with Gasteiger partial charge in [-0.15, -0.1) is 0 Å². The molecular weight excluding hydrogens is 558 g/mol. The van der Waals surface area contributed by atoms with Crippen molar-refractivity contribution >= 4 is 17.4 Å². The van der Waals surface area contributed by atoms with Crippen LogP contribution >= 0.6 is 0 Å². The summed E-state index contributed by atoms with van der Waals surface area (Å²) in [4.78, 5) is 31.7. The molecular formula is C31H35N3O9. The van der Waals surface area contributed by atoms with Gasteiger partial charge in [0.1, 0.15) is 18.3 Å². The van der Waals surface area contributed by atoms with Crippen molar-refractivity contribution < 1.29 is 44.2 Å². The second-order valence-corrected chi connectivity index (χ2v) is 11.5. The van der Waals surface area contributed by atoms with Crippen molar-refractivity contribution in [2.45, 2.75) is 74.5 Å². The predicted octanol–water partition coefficient (Wildman–Crippen LogP) is 0.685. The molecule has 2 heterocycles. The molecule has 12 nitrogen and oxygen atoms in total. The summed E-state index contributed by atoms with van der Waals surface area (Å²) in [7, 11) is 1.55. The van der Waals surface area contributed by atoms with Crippen LogP contribution in [0.25, 0.3) is 0 Å². The van der Waals surface area contributed by atoms with E-state index in [1.165, 1.54) is 11.8 Å². The lowest BCUT2D eigenvalue weighted by molar-refractivity contribution is -0.477. The number of carbonyl (C=O) groups excluding carboxylic acids is 2. The van der Waals surface area contributed by atoms with E-state index >= 15 is 0 Å². The lowest BCUT2D eigenvalue weighted by atomic mass is 9.72. The Morgan fingerprint density at radius 3 is 2.21 bits per heavy atom. The molecule has 0 aromatic heterocycles. The topological polar surface area (TPSA) is 182 Å². The van der Waals surface area contributed by atoms with Gasteiger partial charge >= 0.3 is 0 Å².